The Hall–Kier alpha value is -1.59. The van der Waals surface area contributed by atoms with Gasteiger partial charge in [0.05, 0.1) is 5.56 Å². The number of hydrogen-bond acceptors (Lipinski definition) is 1. The van der Waals surface area contributed by atoms with Gasteiger partial charge in [-0.25, -0.2) is 4.39 Å². The van der Waals surface area contributed by atoms with E-state index in [1.54, 1.807) is 7.05 Å². The van der Waals surface area contributed by atoms with E-state index in [1.165, 1.54) is 4.90 Å². The molecule has 0 unspecified atom stereocenters. The number of hydrogen-bond donors (Lipinski definition) is 0. The Morgan fingerprint density at radius 1 is 1.19 bits per heavy atom. The van der Waals surface area contributed by atoms with E-state index in [2.05, 4.69) is 0 Å². The molecule has 1 aromatic rings. The van der Waals surface area contributed by atoms with Crippen molar-refractivity contribution >= 4 is 5.91 Å². The summed E-state index contributed by atoms with van der Waals surface area (Å²) >= 11 is 0. The fraction of sp³-hybridized carbons (Fsp3) is 0.533. The molecule has 0 saturated heterocycles. The van der Waals surface area contributed by atoms with Gasteiger partial charge in [-0.3, -0.25) is 4.79 Å². The van der Waals surface area contributed by atoms with Crippen LogP contribution in [0.25, 0.3) is 0 Å². The molecule has 1 aliphatic carbocycles. The zero-order valence-electron chi connectivity index (χ0n) is 11.7. The first-order valence-corrected chi connectivity index (χ1v) is 6.94. The van der Waals surface area contributed by atoms with E-state index in [-0.39, 0.29) is 11.6 Å². The lowest BCUT2D eigenvalue weighted by atomic mass is 9.94. The summed E-state index contributed by atoms with van der Waals surface area (Å²) in [5, 5.41) is 0. The Kier molecular flexibility index (Phi) is 4.54. The smallest absolute Gasteiger partial charge is 0.339 e. The first-order valence-electron chi connectivity index (χ1n) is 6.94. The number of halogens is 4. The molecule has 0 bridgehead atoms. The molecule has 1 aliphatic rings. The summed E-state index contributed by atoms with van der Waals surface area (Å²) in [4.78, 5) is 13.7. The molecule has 0 heterocycles. The molecule has 0 spiro atoms. The quantitative estimate of drug-likeness (QED) is 0.748. The first kappa shape index (κ1) is 15.8. The summed E-state index contributed by atoms with van der Waals surface area (Å²) < 4.78 is 51.3. The maximum atomic E-state index is 13.2. The Balaban J connectivity index is 2.22. The molecule has 2 nitrogen and oxygen atoms in total. The molecule has 0 radical (unpaired) electrons. The van der Waals surface area contributed by atoms with Crippen molar-refractivity contribution in [3.63, 3.8) is 0 Å². The van der Waals surface area contributed by atoms with Crippen LogP contribution in [0.4, 0.5) is 17.6 Å². The van der Waals surface area contributed by atoms with Crippen LogP contribution in [0.5, 0.6) is 0 Å². The van der Waals surface area contributed by atoms with Crippen LogP contribution >= 0.6 is 0 Å². The molecule has 1 aromatic carbocycles. The second kappa shape index (κ2) is 6.03. The zero-order chi connectivity index (χ0) is 15.6. The molecule has 1 fully saturated rings. The lowest BCUT2D eigenvalue weighted by Gasteiger charge is -2.31. The summed E-state index contributed by atoms with van der Waals surface area (Å²) in [5.74, 6) is -1.85. The Morgan fingerprint density at radius 2 is 1.81 bits per heavy atom. The van der Waals surface area contributed by atoms with Crippen LogP contribution in [0.3, 0.4) is 0 Å². The molecule has 2 rings (SSSR count). The third-order valence-electron chi connectivity index (χ3n) is 3.96. The molecule has 116 valence electrons. The minimum atomic E-state index is -4.80. The number of nitrogens with zero attached hydrogens (tertiary/aromatic N) is 1. The molecule has 21 heavy (non-hydrogen) atoms. The second-order valence-electron chi connectivity index (χ2n) is 5.40. The fourth-order valence-corrected chi connectivity index (χ4v) is 2.71. The van der Waals surface area contributed by atoms with Gasteiger partial charge in [0.2, 0.25) is 0 Å². The highest BCUT2D eigenvalue weighted by atomic mass is 19.4. The van der Waals surface area contributed by atoms with E-state index in [0.717, 1.165) is 38.2 Å². The summed E-state index contributed by atoms with van der Waals surface area (Å²) in [6.45, 7) is 0. The van der Waals surface area contributed by atoms with Crippen molar-refractivity contribution in [3.8, 4) is 0 Å². The van der Waals surface area contributed by atoms with E-state index >= 15 is 0 Å². The largest absolute Gasteiger partial charge is 0.419 e. The van der Waals surface area contributed by atoms with Crippen LogP contribution in [0.2, 0.25) is 0 Å². The standard InChI is InChI=1S/C15H17F4NO/c1-20(11-5-3-2-4-6-11)14(21)10-7-8-13(16)12(9-10)15(17,18)19/h7-9,11H,2-6H2,1H3. The topological polar surface area (TPSA) is 20.3 Å². The first-order chi connectivity index (χ1) is 9.80. The van der Waals surface area contributed by atoms with Crippen LogP contribution in [0, 0.1) is 5.82 Å². The van der Waals surface area contributed by atoms with Gasteiger partial charge in [-0.05, 0) is 31.0 Å². The molecule has 6 heteroatoms. The van der Waals surface area contributed by atoms with Crippen molar-refractivity contribution in [2.24, 2.45) is 0 Å². The van der Waals surface area contributed by atoms with Gasteiger partial charge in [0.25, 0.3) is 5.91 Å². The molecule has 0 N–H and O–H groups in total. The molecule has 0 aromatic heterocycles. The lowest BCUT2D eigenvalue weighted by molar-refractivity contribution is -0.140. The maximum Gasteiger partial charge on any atom is 0.419 e. The van der Waals surface area contributed by atoms with Crippen LogP contribution in [0.15, 0.2) is 18.2 Å². The van der Waals surface area contributed by atoms with Gasteiger partial charge in [0.15, 0.2) is 0 Å². The van der Waals surface area contributed by atoms with E-state index < -0.39 is 23.5 Å². The van der Waals surface area contributed by atoms with E-state index in [4.69, 9.17) is 0 Å². The number of benzene rings is 1. The summed E-state index contributed by atoms with van der Waals surface area (Å²) in [6.07, 6.45) is 0.0568. The highest BCUT2D eigenvalue weighted by Crippen LogP contribution is 2.32. The number of amides is 1. The van der Waals surface area contributed by atoms with Crippen LogP contribution in [-0.4, -0.2) is 23.9 Å². The summed E-state index contributed by atoms with van der Waals surface area (Å²) in [5.41, 5.74) is -1.53. The van der Waals surface area contributed by atoms with Gasteiger partial charge in [-0.2, -0.15) is 13.2 Å². The van der Waals surface area contributed by atoms with E-state index in [0.29, 0.717) is 12.1 Å². The van der Waals surface area contributed by atoms with Crippen molar-refractivity contribution in [3.05, 3.63) is 35.1 Å². The van der Waals surface area contributed by atoms with E-state index in [9.17, 15) is 22.4 Å². The van der Waals surface area contributed by atoms with E-state index in [1.807, 2.05) is 0 Å². The third kappa shape index (κ3) is 3.54. The number of carbonyl (C=O) groups excluding carboxylic acids is 1. The summed E-state index contributed by atoms with van der Waals surface area (Å²) in [6, 6.07) is 2.44. The normalized spacial score (nSPS) is 16.8. The highest BCUT2D eigenvalue weighted by Gasteiger charge is 2.35. The molecular weight excluding hydrogens is 286 g/mol. The van der Waals surface area contributed by atoms with Gasteiger partial charge in [0, 0.05) is 18.7 Å². The van der Waals surface area contributed by atoms with Crippen molar-refractivity contribution in [2.75, 3.05) is 7.05 Å². The minimum Gasteiger partial charge on any atom is -0.339 e. The van der Waals surface area contributed by atoms with Crippen LogP contribution < -0.4 is 0 Å². The van der Waals surface area contributed by atoms with Gasteiger partial charge >= 0.3 is 6.18 Å². The monoisotopic (exact) mass is 303 g/mol. The van der Waals surface area contributed by atoms with Gasteiger partial charge in [-0.1, -0.05) is 19.3 Å². The Labute approximate surface area is 120 Å². The predicted molar refractivity (Wildman–Crippen MR) is 70.4 cm³/mol. The summed E-state index contributed by atoms with van der Waals surface area (Å²) in [7, 11) is 1.59. The number of carbonyl (C=O) groups is 1. The van der Waals surface area contributed by atoms with Crippen molar-refractivity contribution < 1.29 is 22.4 Å². The molecule has 0 atom stereocenters. The number of alkyl halides is 3. The maximum absolute atomic E-state index is 13.2. The lowest BCUT2D eigenvalue weighted by Crippen LogP contribution is -2.38. The zero-order valence-corrected chi connectivity index (χ0v) is 11.7. The average Bonchev–Trinajstić information content (AvgIpc) is 2.46. The second-order valence-corrected chi connectivity index (χ2v) is 5.40. The van der Waals surface area contributed by atoms with Gasteiger partial charge in [0.1, 0.15) is 5.82 Å². The number of rotatable bonds is 2. The van der Waals surface area contributed by atoms with Crippen molar-refractivity contribution in [1.29, 1.82) is 0 Å². The highest BCUT2D eigenvalue weighted by molar-refractivity contribution is 5.94. The van der Waals surface area contributed by atoms with Crippen molar-refractivity contribution in [1.82, 2.24) is 4.90 Å². The van der Waals surface area contributed by atoms with Gasteiger partial charge in [-0.15, -0.1) is 0 Å². The fourth-order valence-electron chi connectivity index (χ4n) is 2.71. The SMILES string of the molecule is CN(C(=O)c1ccc(F)c(C(F)(F)F)c1)C1CCCCC1. The van der Waals surface area contributed by atoms with Crippen LogP contribution in [0.1, 0.15) is 48.0 Å². The minimum absolute atomic E-state index is 0.0469. The molecular formula is C15H17F4NO. The van der Waals surface area contributed by atoms with Gasteiger partial charge < -0.3 is 4.90 Å². The molecule has 0 aliphatic heterocycles. The Bertz CT molecular complexity index is 521. The average molecular weight is 303 g/mol. The van der Waals surface area contributed by atoms with Crippen molar-refractivity contribution in [2.45, 2.75) is 44.3 Å². The predicted octanol–water partition coefficient (Wildman–Crippen LogP) is 4.25. The Morgan fingerprint density at radius 3 is 2.38 bits per heavy atom. The molecule has 1 amide bonds. The van der Waals surface area contributed by atoms with Crippen LogP contribution in [-0.2, 0) is 6.18 Å². The molecule has 1 saturated carbocycles. The third-order valence-corrected chi connectivity index (χ3v) is 3.96.